The fourth-order valence-electron chi connectivity index (χ4n) is 2.07. The molecule has 6 heteroatoms. The minimum Gasteiger partial charge on any atom is -0.497 e. The van der Waals surface area contributed by atoms with E-state index < -0.39 is 0 Å². The average molecular weight is 338 g/mol. The Bertz CT molecular complexity index is 827. The largest absolute Gasteiger partial charge is 0.497 e. The number of benzene rings is 2. The number of hydrogen-bond donors (Lipinski definition) is 1. The summed E-state index contributed by atoms with van der Waals surface area (Å²) in [5.74, 6) is 0.0934. The molecule has 0 radical (unpaired) electrons. The maximum atomic E-state index is 12.1. The molecular formula is C18H14N2O3S. The second-order valence-corrected chi connectivity index (χ2v) is 5.96. The zero-order valence-corrected chi connectivity index (χ0v) is 13.7. The Morgan fingerprint density at radius 1 is 1.12 bits per heavy atom. The highest BCUT2D eigenvalue weighted by Crippen LogP contribution is 2.26. The highest BCUT2D eigenvalue weighted by atomic mass is 32.2. The Morgan fingerprint density at radius 3 is 2.50 bits per heavy atom. The topological polar surface area (TPSA) is 67.8 Å². The van der Waals surface area contributed by atoms with Crippen molar-refractivity contribution in [2.24, 2.45) is 4.99 Å². The van der Waals surface area contributed by atoms with Crippen molar-refractivity contribution in [1.82, 2.24) is 5.32 Å². The molecule has 1 fully saturated rings. The summed E-state index contributed by atoms with van der Waals surface area (Å²) in [4.78, 5) is 28.5. The molecule has 3 rings (SSSR count). The number of amides is 2. The second kappa shape index (κ2) is 7.14. The number of aliphatic imine (C=N–C) groups is 1. The summed E-state index contributed by atoms with van der Waals surface area (Å²) in [5.41, 5.74) is 1.34. The van der Waals surface area contributed by atoms with Crippen LogP contribution in [0.4, 0.5) is 0 Å². The van der Waals surface area contributed by atoms with Gasteiger partial charge in [-0.2, -0.15) is 4.99 Å². The molecule has 2 amide bonds. The van der Waals surface area contributed by atoms with Crippen LogP contribution in [0.3, 0.4) is 0 Å². The van der Waals surface area contributed by atoms with Crippen LogP contribution in [0.25, 0.3) is 6.08 Å². The van der Waals surface area contributed by atoms with Crippen molar-refractivity contribution in [3.05, 3.63) is 70.6 Å². The van der Waals surface area contributed by atoms with E-state index in [1.807, 2.05) is 30.3 Å². The van der Waals surface area contributed by atoms with Crippen LogP contribution >= 0.6 is 11.8 Å². The van der Waals surface area contributed by atoms with Gasteiger partial charge in [0.25, 0.3) is 11.8 Å². The van der Waals surface area contributed by atoms with Crippen LogP contribution in [0.2, 0.25) is 0 Å². The fourth-order valence-corrected chi connectivity index (χ4v) is 2.89. The van der Waals surface area contributed by atoms with Crippen LogP contribution in [0, 0.1) is 0 Å². The van der Waals surface area contributed by atoms with Crippen LogP contribution in [0.15, 0.2) is 64.5 Å². The average Bonchev–Trinajstić information content (AvgIpc) is 2.95. The van der Waals surface area contributed by atoms with Crippen LogP contribution in [0.1, 0.15) is 15.9 Å². The number of hydrogen-bond acceptors (Lipinski definition) is 4. The summed E-state index contributed by atoms with van der Waals surface area (Å²) in [6, 6.07) is 16.1. The molecule has 0 atom stereocenters. The molecule has 2 aromatic rings. The first-order chi connectivity index (χ1) is 11.7. The summed E-state index contributed by atoms with van der Waals surface area (Å²) in [5, 5.41) is 2.89. The smallest absolute Gasteiger partial charge is 0.279 e. The Balaban J connectivity index is 1.76. The van der Waals surface area contributed by atoms with Crippen molar-refractivity contribution in [2.75, 3.05) is 7.11 Å². The van der Waals surface area contributed by atoms with Crippen molar-refractivity contribution >= 4 is 34.8 Å². The Labute approximate surface area is 143 Å². The number of nitrogens with one attached hydrogen (secondary N) is 1. The van der Waals surface area contributed by atoms with Crippen LogP contribution in [0.5, 0.6) is 5.75 Å². The number of thioether (sulfide) groups is 1. The van der Waals surface area contributed by atoms with Gasteiger partial charge in [-0.05, 0) is 47.7 Å². The molecule has 0 aromatic heterocycles. The molecule has 0 aliphatic carbocycles. The van der Waals surface area contributed by atoms with Gasteiger partial charge in [0.1, 0.15) is 5.75 Å². The minimum atomic E-state index is -0.385. The zero-order chi connectivity index (χ0) is 16.9. The third-order valence-electron chi connectivity index (χ3n) is 3.29. The standard InChI is InChI=1S/C18H14N2O3S/c1-23-14-9-7-12(8-10-14)11-15-17(22)20-18(24-15)19-16(21)13-5-3-2-4-6-13/h2-11H,1H3,(H,19,20,21,22)/b15-11-. The van der Waals surface area contributed by atoms with Gasteiger partial charge in [0, 0.05) is 5.56 Å². The van der Waals surface area contributed by atoms with E-state index in [2.05, 4.69) is 10.3 Å². The first-order valence-electron chi connectivity index (χ1n) is 7.19. The first kappa shape index (κ1) is 16.0. The van der Waals surface area contributed by atoms with E-state index in [1.165, 1.54) is 0 Å². The minimum absolute atomic E-state index is 0.268. The second-order valence-electron chi connectivity index (χ2n) is 4.93. The van der Waals surface area contributed by atoms with Gasteiger partial charge < -0.3 is 10.1 Å². The lowest BCUT2D eigenvalue weighted by molar-refractivity contribution is -0.115. The number of methoxy groups -OCH3 is 1. The predicted octanol–water partition coefficient (Wildman–Crippen LogP) is 3.10. The molecule has 1 aliphatic rings. The van der Waals surface area contributed by atoms with E-state index >= 15 is 0 Å². The Hall–Kier alpha value is -2.86. The van der Waals surface area contributed by atoms with E-state index in [0.29, 0.717) is 10.5 Å². The van der Waals surface area contributed by atoms with Gasteiger partial charge in [-0.15, -0.1) is 0 Å². The van der Waals surface area contributed by atoms with Gasteiger partial charge in [0.05, 0.1) is 12.0 Å². The van der Waals surface area contributed by atoms with Gasteiger partial charge in [-0.25, -0.2) is 0 Å². The molecule has 0 spiro atoms. The van der Waals surface area contributed by atoms with Crippen molar-refractivity contribution in [3.63, 3.8) is 0 Å². The van der Waals surface area contributed by atoms with E-state index in [0.717, 1.165) is 23.1 Å². The number of rotatable bonds is 3. The van der Waals surface area contributed by atoms with Gasteiger partial charge >= 0.3 is 0 Å². The molecule has 1 heterocycles. The SMILES string of the molecule is COc1ccc(/C=C2\SC(=NC(=O)c3ccccc3)NC2=O)cc1. The van der Waals surface area contributed by atoms with Crippen molar-refractivity contribution in [2.45, 2.75) is 0 Å². The molecule has 5 nitrogen and oxygen atoms in total. The van der Waals surface area contributed by atoms with Gasteiger partial charge in [0.2, 0.25) is 0 Å². The summed E-state index contributed by atoms with van der Waals surface area (Å²) in [7, 11) is 1.60. The normalized spacial score (nSPS) is 17.1. The van der Waals surface area contributed by atoms with Gasteiger partial charge in [-0.3, -0.25) is 9.59 Å². The fraction of sp³-hybridized carbons (Fsp3) is 0.0556. The van der Waals surface area contributed by atoms with Crippen LogP contribution in [-0.2, 0) is 4.79 Å². The van der Waals surface area contributed by atoms with Crippen molar-refractivity contribution in [1.29, 1.82) is 0 Å². The number of nitrogens with zero attached hydrogens (tertiary/aromatic N) is 1. The van der Waals surface area contributed by atoms with Gasteiger partial charge in [0.15, 0.2) is 5.17 Å². The van der Waals surface area contributed by atoms with Crippen LogP contribution in [-0.4, -0.2) is 24.1 Å². The molecule has 2 aromatic carbocycles. The maximum Gasteiger partial charge on any atom is 0.279 e. The number of ether oxygens (including phenoxy) is 1. The quantitative estimate of drug-likeness (QED) is 0.873. The van der Waals surface area contributed by atoms with Crippen LogP contribution < -0.4 is 10.1 Å². The molecule has 120 valence electrons. The predicted molar refractivity (Wildman–Crippen MR) is 94.9 cm³/mol. The number of carbonyl (C=O) groups is 2. The third-order valence-corrected chi connectivity index (χ3v) is 4.20. The molecule has 1 N–H and O–H groups in total. The molecule has 1 saturated heterocycles. The zero-order valence-electron chi connectivity index (χ0n) is 12.9. The molecular weight excluding hydrogens is 324 g/mol. The van der Waals surface area contributed by atoms with Crippen molar-refractivity contribution < 1.29 is 14.3 Å². The molecule has 0 bridgehead atoms. The van der Waals surface area contributed by atoms with E-state index in [-0.39, 0.29) is 17.0 Å². The van der Waals surface area contributed by atoms with Gasteiger partial charge in [-0.1, -0.05) is 30.3 Å². The number of carbonyl (C=O) groups excluding carboxylic acids is 2. The highest BCUT2D eigenvalue weighted by Gasteiger charge is 2.24. The lowest BCUT2D eigenvalue weighted by Gasteiger charge is -1.99. The lowest BCUT2D eigenvalue weighted by atomic mass is 10.2. The molecule has 24 heavy (non-hydrogen) atoms. The summed E-state index contributed by atoms with van der Waals surface area (Å²) in [6.07, 6.45) is 1.74. The lowest BCUT2D eigenvalue weighted by Crippen LogP contribution is -2.20. The molecule has 1 aliphatic heterocycles. The first-order valence-corrected chi connectivity index (χ1v) is 8.00. The monoisotopic (exact) mass is 338 g/mol. The maximum absolute atomic E-state index is 12.1. The third kappa shape index (κ3) is 3.72. The summed E-state index contributed by atoms with van der Waals surface area (Å²) < 4.78 is 5.10. The number of amidine groups is 1. The van der Waals surface area contributed by atoms with E-state index in [4.69, 9.17) is 4.74 Å². The molecule has 0 unspecified atom stereocenters. The van der Waals surface area contributed by atoms with E-state index in [1.54, 1.807) is 37.5 Å². The Kier molecular flexibility index (Phi) is 4.77. The summed E-state index contributed by atoms with van der Waals surface area (Å²) in [6.45, 7) is 0. The Morgan fingerprint density at radius 2 is 1.83 bits per heavy atom. The van der Waals surface area contributed by atoms with E-state index in [9.17, 15) is 9.59 Å². The highest BCUT2D eigenvalue weighted by molar-refractivity contribution is 8.18. The molecule has 0 saturated carbocycles. The summed E-state index contributed by atoms with van der Waals surface area (Å²) >= 11 is 1.14. The van der Waals surface area contributed by atoms with Crippen molar-refractivity contribution in [3.8, 4) is 5.75 Å².